The first kappa shape index (κ1) is 93.6. The molecule has 1 aliphatic rings. The number of carboxylic acid groups (broad SMARTS) is 2. The van der Waals surface area contributed by atoms with E-state index in [1.165, 1.54) is 45.7 Å². The average Bonchev–Trinajstić information content (AvgIpc) is 1.56. The lowest BCUT2D eigenvalue weighted by molar-refractivity contribution is -0.384. The van der Waals surface area contributed by atoms with Crippen LogP contribution in [-0.2, 0) is 14.2 Å². The van der Waals surface area contributed by atoms with Crippen LogP contribution in [0.2, 0.25) is 0 Å². The van der Waals surface area contributed by atoms with E-state index >= 15 is 0 Å². The topological polar surface area (TPSA) is 378 Å². The average molecular weight is 1870 g/mol. The number of hydrogen-bond acceptors (Lipinski definition) is 22. The van der Waals surface area contributed by atoms with Gasteiger partial charge in [0.1, 0.15) is 34.5 Å². The monoisotopic (exact) mass is 1870 g/mol. The molecule has 0 spiro atoms. The molecule has 0 saturated heterocycles. The standard InChI is InChI=1S/C20H15N3O2.C19H14N2O3.C17H12F2N2O2.C17H13N3O3.C17H12N2O4.C17H14N2O3/c1-25-20(24)14-6-8-16(9-7-14)23-13-15(12-22-23)17-10-11-21-19-5-3-2-4-18(17)19;1-23-19(22)13-6-8-16(9-7-13)21-12-15(11-20-21)18-10-14-4-2-3-5-17(14)24-18;1-23-17(22)11-2-4-16(5-3-11)21-10-13(9-20-21)12-6-14(18)8-15(19)7-12;1-12(21)13-6-8-15(9-7-13)19-11-14(10-18-19)16-4-2-3-5-17(16)20(22)23;20-17(21)11-1-4-13(5-2-11)19-8-14(18-9-19)12-3-6-15-16(7-12)23-10-22-15;1-22-16-4-2-3-13(9-16)14-10-18-19(11-14)15-7-5-12(6-8-15)17(20)21/h2-13H,1H3;2-12H,1H3;2-10H,1H3;2-11,21H,1H2;1-9H,10H2,(H,20,21);2-11H,1H3,(H,20,21). The van der Waals surface area contributed by atoms with Gasteiger partial charge >= 0.3 is 29.8 Å². The molecule has 0 amide bonds. The molecule has 9 heterocycles. The number of aliphatic hydroxyl groups is 1. The Bertz CT molecular complexity index is 7830. The summed E-state index contributed by atoms with van der Waals surface area (Å²) in [6, 6.07) is 84.2. The summed E-state index contributed by atoms with van der Waals surface area (Å²) < 4.78 is 72.6. The molecule has 0 aliphatic carbocycles. The highest BCUT2D eigenvalue weighted by Gasteiger charge is 2.21. The highest BCUT2D eigenvalue weighted by Crippen LogP contribution is 2.38. The van der Waals surface area contributed by atoms with Gasteiger partial charge in [-0.2, -0.15) is 25.5 Å². The molecule has 12 aromatic carbocycles. The third-order valence-corrected chi connectivity index (χ3v) is 21.8. The number of furan rings is 1. The molecule has 20 aromatic rings. The lowest BCUT2D eigenvalue weighted by atomic mass is 10.0. The Balaban J connectivity index is 0.000000121. The fourth-order valence-corrected chi connectivity index (χ4v) is 14.5. The van der Waals surface area contributed by atoms with Crippen LogP contribution in [0.25, 0.3) is 129 Å². The molecule has 0 unspecified atom stereocenters. The number of methoxy groups -OCH3 is 4. The van der Waals surface area contributed by atoms with Crippen LogP contribution >= 0.6 is 0 Å². The van der Waals surface area contributed by atoms with Crippen LogP contribution < -0.4 is 14.2 Å². The van der Waals surface area contributed by atoms with Gasteiger partial charge < -0.3 is 52.7 Å². The summed E-state index contributed by atoms with van der Waals surface area (Å²) in [7, 11) is 5.68. The van der Waals surface area contributed by atoms with Crippen LogP contribution in [0.5, 0.6) is 17.2 Å². The zero-order valence-electron chi connectivity index (χ0n) is 74.7. The number of ether oxygens (including phenoxy) is 6. The van der Waals surface area contributed by atoms with Gasteiger partial charge in [-0.1, -0.05) is 67.2 Å². The van der Waals surface area contributed by atoms with Gasteiger partial charge in [0.05, 0.1) is 149 Å². The number of aliphatic hydroxyl groups excluding tert-OH is 1. The van der Waals surface area contributed by atoms with E-state index in [0.29, 0.717) is 55.9 Å². The number of carboxylic acids is 2. The van der Waals surface area contributed by atoms with E-state index in [-0.39, 0.29) is 41.3 Å². The van der Waals surface area contributed by atoms with E-state index in [4.69, 9.17) is 38.3 Å². The van der Waals surface area contributed by atoms with Crippen molar-refractivity contribution < 1.29 is 85.8 Å². The van der Waals surface area contributed by atoms with E-state index in [2.05, 4.69) is 52.8 Å². The Kier molecular flexibility index (Phi) is 28.7. The molecule has 0 fully saturated rings. The van der Waals surface area contributed by atoms with Crippen LogP contribution in [0.1, 0.15) is 57.4 Å². The highest BCUT2D eigenvalue weighted by molar-refractivity contribution is 5.95. The van der Waals surface area contributed by atoms with E-state index in [0.717, 1.165) is 113 Å². The van der Waals surface area contributed by atoms with Gasteiger partial charge in [0, 0.05) is 105 Å². The van der Waals surface area contributed by atoms with E-state index in [9.17, 15) is 48.0 Å². The normalized spacial score (nSPS) is 10.9. The van der Waals surface area contributed by atoms with E-state index in [1.54, 1.807) is 214 Å². The summed E-state index contributed by atoms with van der Waals surface area (Å²) in [6.45, 7) is 3.71. The SMILES string of the molecule is C=C(O)c1ccc(-n2cc(-c3ccccc3[N+](=O)[O-])cn2)cc1.COC(=O)c1ccc(-n2cc(-c3cc(F)cc(F)c3)cn2)cc1.COC(=O)c1ccc(-n2cc(-c3cc4ccccc4o3)cn2)cc1.COC(=O)c1ccc(-n2cc(-c3ccnc4ccccc34)cn2)cc1.COc1cccc(-c2cnn(-c3ccc(C(=O)O)cc3)c2)c1.O=C(O)c1ccc(-n2cnc(-c3ccc4c(c3)OCO4)c2)cc1. The number of para-hydroxylation sites is 3. The number of hydrogen-bond donors (Lipinski definition) is 3. The first-order valence-electron chi connectivity index (χ1n) is 42.6. The van der Waals surface area contributed by atoms with Gasteiger partial charge in [-0.3, -0.25) is 15.1 Å². The van der Waals surface area contributed by atoms with Gasteiger partial charge in [0.2, 0.25) is 6.79 Å². The number of benzene rings is 12. The molecule has 0 radical (unpaired) electrons. The zero-order chi connectivity index (χ0) is 97.9. The van der Waals surface area contributed by atoms with Crippen LogP contribution in [0.4, 0.5) is 14.5 Å². The van der Waals surface area contributed by atoms with Gasteiger partial charge in [0.25, 0.3) is 5.69 Å². The lowest BCUT2D eigenvalue weighted by Crippen LogP contribution is -2.01. The predicted octanol–water partition coefficient (Wildman–Crippen LogP) is 21.7. The number of halogens is 2. The van der Waals surface area contributed by atoms with Crippen molar-refractivity contribution in [2.24, 2.45) is 0 Å². The van der Waals surface area contributed by atoms with Crippen LogP contribution in [0, 0.1) is 21.7 Å². The number of esters is 3. The maximum Gasteiger partial charge on any atom is 0.337 e. The zero-order valence-corrected chi connectivity index (χ0v) is 74.7. The maximum atomic E-state index is 13.3. The third kappa shape index (κ3) is 22.3. The molecule has 33 heteroatoms. The van der Waals surface area contributed by atoms with Crippen molar-refractivity contribution in [1.82, 2.24) is 63.4 Å². The quantitative estimate of drug-likeness (QED) is 0.0210. The summed E-state index contributed by atoms with van der Waals surface area (Å²) >= 11 is 0. The van der Waals surface area contributed by atoms with Crippen molar-refractivity contribution in [3.63, 3.8) is 0 Å². The molecule has 8 aromatic heterocycles. The lowest BCUT2D eigenvalue weighted by Gasteiger charge is -2.04. The highest BCUT2D eigenvalue weighted by atomic mass is 19.1. The summed E-state index contributed by atoms with van der Waals surface area (Å²) in [5, 5.41) is 62.0. The summed E-state index contributed by atoms with van der Waals surface area (Å²) in [5.41, 5.74) is 18.1. The Labute approximate surface area is 795 Å². The minimum Gasteiger partial charge on any atom is -0.508 e. The Hall–Kier alpha value is -19.6. The van der Waals surface area contributed by atoms with Crippen molar-refractivity contribution in [3.8, 4) is 118 Å². The first-order chi connectivity index (χ1) is 68.0. The number of pyridine rings is 1. The molecule has 21 rings (SSSR count). The summed E-state index contributed by atoms with van der Waals surface area (Å²) in [5.74, 6) is -1.30. The van der Waals surface area contributed by atoms with Crippen LogP contribution in [0.3, 0.4) is 0 Å². The second-order valence-electron chi connectivity index (χ2n) is 30.6. The van der Waals surface area contributed by atoms with Crippen molar-refractivity contribution >= 4 is 63.2 Å². The van der Waals surface area contributed by atoms with E-state index in [1.807, 2.05) is 157 Å². The second kappa shape index (κ2) is 43.0. The predicted molar refractivity (Wildman–Crippen MR) is 518 cm³/mol. The Morgan fingerprint density at radius 3 is 1.36 bits per heavy atom. The number of fused-ring (bicyclic) bond motifs is 3. The molecular formula is C107H80F2N14O17. The number of nitrogens with zero attached hydrogens (tertiary/aromatic N) is 14. The van der Waals surface area contributed by atoms with Gasteiger partial charge in [-0.15, -0.1) is 0 Å². The number of aromatic nitrogens is 13. The summed E-state index contributed by atoms with van der Waals surface area (Å²) in [4.78, 5) is 75.7. The number of nitro benzene ring substituents is 1. The molecule has 0 atom stereocenters. The Morgan fingerprint density at radius 2 is 0.850 bits per heavy atom. The summed E-state index contributed by atoms with van der Waals surface area (Å²) in [6.07, 6.45) is 23.0. The fourth-order valence-electron chi connectivity index (χ4n) is 14.5. The Morgan fingerprint density at radius 1 is 0.400 bits per heavy atom. The van der Waals surface area contributed by atoms with Crippen molar-refractivity contribution in [1.29, 1.82) is 0 Å². The van der Waals surface area contributed by atoms with Crippen molar-refractivity contribution in [3.05, 3.63) is 434 Å². The van der Waals surface area contributed by atoms with Gasteiger partial charge in [-0.25, -0.2) is 61.1 Å². The van der Waals surface area contributed by atoms with Crippen LogP contribution in [-0.4, -0.2) is 149 Å². The molecule has 0 saturated carbocycles. The number of imidazole rings is 1. The minimum absolute atomic E-state index is 0.00221. The number of carbonyl (C=O) groups excluding carboxylic acids is 3. The molecule has 1 aliphatic heterocycles. The number of nitro groups is 1. The first-order valence-corrected chi connectivity index (χ1v) is 42.6. The van der Waals surface area contributed by atoms with Gasteiger partial charge in [-0.05, 0) is 235 Å². The number of aromatic carboxylic acids is 2. The number of rotatable bonds is 20. The van der Waals surface area contributed by atoms with Gasteiger partial charge in [0.15, 0.2) is 11.5 Å². The molecule has 31 nitrogen and oxygen atoms in total. The fraction of sp³-hybridized carbons (Fsp3) is 0.0467. The van der Waals surface area contributed by atoms with E-state index < -0.39 is 34.5 Å². The minimum atomic E-state index is -0.941. The third-order valence-electron chi connectivity index (χ3n) is 21.8. The number of carbonyl (C=O) groups is 5. The smallest absolute Gasteiger partial charge is 0.337 e. The second-order valence-corrected chi connectivity index (χ2v) is 30.6. The molecule has 3 N–H and O–H groups in total. The molecule has 694 valence electrons. The van der Waals surface area contributed by atoms with Crippen LogP contribution in [0.15, 0.2) is 383 Å². The molecule has 0 bridgehead atoms. The molecule has 140 heavy (non-hydrogen) atoms. The molecular weight excluding hydrogens is 1790 g/mol. The largest absolute Gasteiger partial charge is 0.508 e. The van der Waals surface area contributed by atoms with Crippen molar-refractivity contribution in [2.75, 3.05) is 35.2 Å². The van der Waals surface area contributed by atoms with Crippen molar-refractivity contribution in [2.45, 2.75) is 0 Å². The maximum absolute atomic E-state index is 13.3.